The Kier molecular flexibility index (Phi) is 14.9. The Morgan fingerprint density at radius 3 is 2.00 bits per heavy atom. The highest BCUT2D eigenvalue weighted by atomic mass is 32.1. The predicted octanol–water partition coefficient (Wildman–Crippen LogP) is -3.24. The molecule has 0 aromatic carbocycles. The molecule has 0 saturated heterocycles. The van der Waals surface area contributed by atoms with Gasteiger partial charge in [-0.25, -0.2) is 0 Å². The second-order valence-corrected chi connectivity index (χ2v) is 4.71. The summed E-state index contributed by atoms with van der Waals surface area (Å²) < 4.78 is 0. The first-order valence-corrected chi connectivity index (χ1v) is 7.42. The number of hydrogen-bond acceptors (Lipinski definition) is 8. The molecule has 0 unspecified atom stereocenters. The van der Waals surface area contributed by atoms with Crippen LogP contribution in [0.2, 0.25) is 0 Å². The molecule has 0 aliphatic heterocycles. The fourth-order valence-corrected chi connectivity index (χ4v) is 1.41. The van der Waals surface area contributed by atoms with Crippen LogP contribution in [0.4, 0.5) is 0 Å². The molecule has 0 aromatic rings. The molecule has 140 valence electrons. The Morgan fingerprint density at radius 1 is 1.08 bits per heavy atom. The third-order valence-corrected chi connectivity index (χ3v) is 2.71. The fraction of sp³-hybridized carbons (Fsp3) is 0.667. The van der Waals surface area contributed by atoms with Gasteiger partial charge in [0.25, 0.3) is 0 Å². The summed E-state index contributed by atoms with van der Waals surface area (Å²) in [6.45, 7) is -0.817. The minimum atomic E-state index is -1.22. The number of carboxylic acids is 2. The number of aliphatic carboxylic acids is 2. The van der Waals surface area contributed by atoms with Crippen molar-refractivity contribution in [2.45, 2.75) is 24.9 Å². The second kappa shape index (κ2) is 14.7. The predicted molar refractivity (Wildman–Crippen MR) is 85.4 cm³/mol. The summed E-state index contributed by atoms with van der Waals surface area (Å²) in [5.74, 6) is -3.70. The Bertz CT molecular complexity index is 419. The molecule has 0 radical (unpaired) electrons. The minimum Gasteiger partial charge on any atom is -0.480 e. The van der Waals surface area contributed by atoms with E-state index in [1.807, 2.05) is 0 Å². The highest BCUT2D eigenvalue weighted by molar-refractivity contribution is 7.80. The average Bonchev–Trinajstić information content (AvgIpc) is 2.55. The van der Waals surface area contributed by atoms with Crippen molar-refractivity contribution in [1.29, 1.82) is 0 Å². The summed E-state index contributed by atoms with van der Waals surface area (Å²) in [6, 6.07) is -2.15. The second-order valence-electron chi connectivity index (χ2n) is 4.34. The van der Waals surface area contributed by atoms with Gasteiger partial charge in [0.05, 0.1) is 13.2 Å². The number of nitrogens with two attached hydrogens (primary N) is 1. The zero-order valence-electron chi connectivity index (χ0n) is 12.8. The number of rotatable bonds is 10. The van der Waals surface area contributed by atoms with Gasteiger partial charge in [-0.05, 0) is 6.42 Å². The summed E-state index contributed by atoms with van der Waals surface area (Å²) in [4.78, 5) is 43.7. The largest absolute Gasteiger partial charge is 0.480 e. The van der Waals surface area contributed by atoms with Gasteiger partial charge in [-0.3, -0.25) is 19.2 Å². The number of nitrogens with one attached hydrogen (secondary N) is 2. The van der Waals surface area contributed by atoms with Crippen molar-refractivity contribution in [3.63, 3.8) is 0 Å². The molecule has 0 spiro atoms. The number of thiol groups is 1. The lowest BCUT2D eigenvalue weighted by molar-refractivity contribution is -0.139. The van der Waals surface area contributed by atoms with Gasteiger partial charge in [0.1, 0.15) is 18.6 Å². The normalized spacial score (nSPS) is 12.2. The first-order chi connectivity index (χ1) is 11.2. The Morgan fingerprint density at radius 2 is 1.62 bits per heavy atom. The van der Waals surface area contributed by atoms with Crippen LogP contribution in [0.5, 0.6) is 0 Å². The van der Waals surface area contributed by atoms with Crippen molar-refractivity contribution in [3.8, 4) is 0 Å². The SMILES string of the molecule is N[C@@H](CCC(=O)N[C@@H](CS)C(=O)NCC(=O)O)C(=O)O.OCCO. The molecule has 0 aliphatic carbocycles. The molecule has 2 atom stereocenters. The zero-order chi connectivity index (χ0) is 19.1. The van der Waals surface area contributed by atoms with Gasteiger partial charge in [0.2, 0.25) is 11.8 Å². The van der Waals surface area contributed by atoms with E-state index in [0.717, 1.165) is 0 Å². The standard InChI is InChI=1S/C10H17N3O6S.C2H6O2/c11-5(10(18)19)1-2-7(14)13-6(4-20)9(17)12-3-8(15)16;3-1-2-4/h5-6,20H,1-4,11H2,(H,12,17)(H,13,14)(H,15,16)(H,18,19);3-4H,1-2H2/t5-,6-;/m0./s1. The van der Waals surface area contributed by atoms with Crippen LogP contribution in [0.1, 0.15) is 12.8 Å². The van der Waals surface area contributed by atoms with Crippen LogP contribution in [0.15, 0.2) is 0 Å². The summed E-state index contributed by atoms with van der Waals surface area (Å²) in [7, 11) is 0. The number of carbonyl (C=O) groups excluding carboxylic acids is 2. The maximum Gasteiger partial charge on any atom is 0.322 e. The van der Waals surface area contributed by atoms with E-state index in [-0.39, 0.29) is 31.8 Å². The van der Waals surface area contributed by atoms with Gasteiger partial charge in [0, 0.05) is 12.2 Å². The molecule has 0 aromatic heterocycles. The van der Waals surface area contributed by atoms with Gasteiger partial charge in [-0.15, -0.1) is 0 Å². The van der Waals surface area contributed by atoms with Crippen molar-refractivity contribution in [2.75, 3.05) is 25.5 Å². The number of carbonyl (C=O) groups is 4. The molecule has 0 heterocycles. The molecule has 0 rings (SSSR count). The molecule has 24 heavy (non-hydrogen) atoms. The Labute approximate surface area is 143 Å². The Hall–Kier alpha value is -1.89. The maximum absolute atomic E-state index is 11.5. The molecular weight excluding hydrogens is 346 g/mol. The molecule has 2 amide bonds. The molecule has 0 fully saturated rings. The van der Waals surface area contributed by atoms with Crippen molar-refractivity contribution in [1.82, 2.24) is 10.6 Å². The first-order valence-electron chi connectivity index (χ1n) is 6.79. The van der Waals surface area contributed by atoms with Gasteiger partial charge >= 0.3 is 11.9 Å². The molecule has 12 heteroatoms. The number of aliphatic hydroxyl groups excluding tert-OH is 2. The van der Waals surface area contributed by atoms with Gasteiger partial charge < -0.3 is 36.8 Å². The number of amides is 2. The van der Waals surface area contributed by atoms with E-state index >= 15 is 0 Å². The van der Waals surface area contributed by atoms with E-state index in [1.54, 1.807) is 0 Å². The molecular formula is C12H23N3O8S. The monoisotopic (exact) mass is 369 g/mol. The lowest BCUT2D eigenvalue weighted by Gasteiger charge is -2.16. The third-order valence-electron chi connectivity index (χ3n) is 2.35. The minimum absolute atomic E-state index is 0.0256. The fourth-order valence-electron chi connectivity index (χ4n) is 1.16. The summed E-state index contributed by atoms with van der Waals surface area (Å²) >= 11 is 3.87. The van der Waals surface area contributed by atoms with Crippen LogP contribution in [0.3, 0.4) is 0 Å². The van der Waals surface area contributed by atoms with E-state index in [2.05, 4.69) is 23.3 Å². The highest BCUT2D eigenvalue weighted by Crippen LogP contribution is 1.97. The van der Waals surface area contributed by atoms with Crippen LogP contribution >= 0.6 is 12.6 Å². The van der Waals surface area contributed by atoms with E-state index in [1.165, 1.54) is 0 Å². The quantitative estimate of drug-likeness (QED) is 0.182. The smallest absolute Gasteiger partial charge is 0.322 e. The Balaban J connectivity index is 0. The molecule has 8 N–H and O–H groups in total. The van der Waals surface area contributed by atoms with E-state index in [0.29, 0.717) is 0 Å². The lowest BCUT2D eigenvalue weighted by Crippen LogP contribution is -2.49. The van der Waals surface area contributed by atoms with E-state index < -0.39 is 42.4 Å². The lowest BCUT2D eigenvalue weighted by atomic mass is 10.1. The molecule has 0 aliphatic rings. The summed E-state index contributed by atoms with van der Waals surface area (Å²) in [5, 5.41) is 36.6. The molecule has 0 saturated carbocycles. The van der Waals surface area contributed by atoms with Gasteiger partial charge in [-0.2, -0.15) is 12.6 Å². The van der Waals surface area contributed by atoms with Crippen LogP contribution in [0, 0.1) is 0 Å². The number of carboxylic acid groups (broad SMARTS) is 2. The third kappa shape index (κ3) is 13.8. The molecule has 0 bridgehead atoms. The van der Waals surface area contributed by atoms with Crippen LogP contribution in [0.25, 0.3) is 0 Å². The van der Waals surface area contributed by atoms with Crippen molar-refractivity contribution < 1.29 is 39.6 Å². The van der Waals surface area contributed by atoms with Crippen molar-refractivity contribution in [2.24, 2.45) is 5.73 Å². The van der Waals surface area contributed by atoms with Gasteiger partial charge in [0.15, 0.2) is 0 Å². The number of aliphatic hydroxyl groups is 2. The molecule has 11 nitrogen and oxygen atoms in total. The van der Waals surface area contributed by atoms with Gasteiger partial charge in [-0.1, -0.05) is 0 Å². The van der Waals surface area contributed by atoms with Crippen molar-refractivity contribution >= 4 is 36.4 Å². The van der Waals surface area contributed by atoms with Crippen LogP contribution in [-0.2, 0) is 19.2 Å². The van der Waals surface area contributed by atoms with Crippen molar-refractivity contribution in [3.05, 3.63) is 0 Å². The highest BCUT2D eigenvalue weighted by Gasteiger charge is 2.20. The number of hydrogen-bond donors (Lipinski definition) is 8. The van der Waals surface area contributed by atoms with Crippen LogP contribution in [-0.4, -0.2) is 81.8 Å². The van der Waals surface area contributed by atoms with E-state index in [9.17, 15) is 19.2 Å². The van der Waals surface area contributed by atoms with E-state index in [4.69, 9.17) is 26.2 Å². The van der Waals surface area contributed by atoms with Crippen LogP contribution < -0.4 is 16.4 Å². The summed E-state index contributed by atoms with van der Waals surface area (Å²) in [6.07, 6.45) is -0.235. The maximum atomic E-state index is 11.5. The average molecular weight is 369 g/mol. The first kappa shape index (κ1) is 24.4. The topological polar surface area (TPSA) is 199 Å². The summed E-state index contributed by atoms with van der Waals surface area (Å²) in [5.41, 5.74) is 5.23. The zero-order valence-corrected chi connectivity index (χ0v) is 13.7.